The van der Waals surface area contributed by atoms with E-state index in [1.165, 1.54) is 11.1 Å². The van der Waals surface area contributed by atoms with Crippen LogP contribution in [0.5, 0.6) is 0 Å². The van der Waals surface area contributed by atoms with Crippen LogP contribution in [0.4, 0.5) is 0 Å². The van der Waals surface area contributed by atoms with Crippen molar-refractivity contribution in [2.24, 2.45) is 4.99 Å². The molecule has 1 heterocycles. The minimum atomic E-state index is -3.64. The molecule has 0 fully saturated rings. The van der Waals surface area contributed by atoms with Crippen molar-refractivity contribution >= 4 is 31.9 Å². The van der Waals surface area contributed by atoms with Gasteiger partial charge < -0.3 is 5.32 Å². The summed E-state index contributed by atoms with van der Waals surface area (Å²) in [5.74, 6) is 0.267. The number of halogens is 1. The molecule has 0 saturated carbocycles. The Morgan fingerprint density at radius 2 is 1.84 bits per heavy atom. The summed E-state index contributed by atoms with van der Waals surface area (Å²) >= 11 is 3.29. The van der Waals surface area contributed by atoms with Gasteiger partial charge in [-0.25, -0.2) is 18.1 Å². The van der Waals surface area contributed by atoms with Gasteiger partial charge in [-0.05, 0) is 36.8 Å². The molecule has 0 unspecified atom stereocenters. The number of benzene rings is 2. The van der Waals surface area contributed by atoms with Gasteiger partial charge in [-0.2, -0.15) is 0 Å². The molecule has 2 aromatic carbocycles. The van der Waals surface area contributed by atoms with E-state index >= 15 is 0 Å². The van der Waals surface area contributed by atoms with Crippen LogP contribution in [0.1, 0.15) is 11.1 Å². The number of rotatable bonds is 4. The van der Waals surface area contributed by atoms with Crippen molar-refractivity contribution in [1.29, 1.82) is 0 Å². The summed E-state index contributed by atoms with van der Waals surface area (Å²) in [6.45, 7) is 3.76. The summed E-state index contributed by atoms with van der Waals surface area (Å²) in [5, 5.41) is 3.01. The van der Waals surface area contributed by atoms with Crippen LogP contribution in [0, 0.1) is 6.92 Å². The highest BCUT2D eigenvalue weighted by Gasteiger charge is 2.19. The van der Waals surface area contributed by atoms with Crippen molar-refractivity contribution in [2.75, 3.05) is 13.3 Å². The van der Waals surface area contributed by atoms with E-state index in [1.807, 2.05) is 0 Å². The molecule has 25 heavy (non-hydrogen) atoms. The van der Waals surface area contributed by atoms with E-state index in [0.717, 1.165) is 11.0 Å². The minimum absolute atomic E-state index is 0.197. The quantitative estimate of drug-likeness (QED) is 0.793. The third-order valence-electron chi connectivity index (χ3n) is 3.78. The number of guanidine groups is 1. The molecule has 0 spiro atoms. The van der Waals surface area contributed by atoms with E-state index in [2.05, 4.69) is 67.1 Å². The largest absolute Gasteiger partial charge is 0.343 e. The summed E-state index contributed by atoms with van der Waals surface area (Å²) in [5.41, 5.74) is 2.42. The smallest absolute Gasteiger partial charge is 0.264 e. The Labute approximate surface area is 156 Å². The molecule has 0 aromatic heterocycles. The van der Waals surface area contributed by atoms with Gasteiger partial charge in [0.1, 0.15) is 0 Å². The normalized spacial score (nSPS) is 15.4. The SMILES string of the molecule is Cc1ccc(CN2CN=C(NS(=O)(=O)c3ccc(Br)cc3)NC2)cc1. The maximum absolute atomic E-state index is 12.4. The first kappa shape index (κ1) is 17.9. The van der Waals surface area contributed by atoms with Crippen LogP contribution in [-0.4, -0.2) is 32.6 Å². The Hall–Kier alpha value is -1.90. The van der Waals surface area contributed by atoms with E-state index in [0.29, 0.717) is 13.3 Å². The van der Waals surface area contributed by atoms with Crippen molar-refractivity contribution in [3.05, 3.63) is 64.1 Å². The first-order valence-electron chi connectivity index (χ1n) is 7.77. The Balaban J connectivity index is 1.61. The number of nitrogens with zero attached hydrogens (tertiary/aromatic N) is 2. The van der Waals surface area contributed by atoms with Gasteiger partial charge in [-0.3, -0.25) is 4.90 Å². The summed E-state index contributed by atoms with van der Waals surface area (Å²) in [6, 6.07) is 14.8. The highest BCUT2D eigenvalue weighted by Crippen LogP contribution is 2.14. The Bertz CT molecular complexity index is 865. The van der Waals surface area contributed by atoms with Crippen LogP contribution in [0.3, 0.4) is 0 Å². The van der Waals surface area contributed by atoms with Gasteiger partial charge in [0.05, 0.1) is 18.2 Å². The van der Waals surface area contributed by atoms with Crippen LogP contribution in [0.2, 0.25) is 0 Å². The zero-order valence-corrected chi connectivity index (χ0v) is 16.1. The van der Waals surface area contributed by atoms with Crippen molar-refractivity contribution < 1.29 is 8.42 Å². The molecule has 2 N–H and O–H groups in total. The van der Waals surface area contributed by atoms with Gasteiger partial charge in [0.15, 0.2) is 0 Å². The lowest BCUT2D eigenvalue weighted by Gasteiger charge is -2.27. The number of aryl methyl sites for hydroxylation is 1. The van der Waals surface area contributed by atoms with Gasteiger partial charge in [-0.15, -0.1) is 0 Å². The maximum Gasteiger partial charge on any atom is 0.264 e. The molecule has 0 bridgehead atoms. The number of aliphatic imine (C=N–C) groups is 1. The summed E-state index contributed by atoms with van der Waals surface area (Å²) in [6.07, 6.45) is 0. The number of hydrogen-bond donors (Lipinski definition) is 2. The van der Waals surface area contributed by atoms with E-state index in [-0.39, 0.29) is 10.9 Å². The average Bonchev–Trinajstić information content (AvgIpc) is 2.59. The van der Waals surface area contributed by atoms with Crippen LogP contribution in [0.25, 0.3) is 0 Å². The lowest BCUT2D eigenvalue weighted by molar-refractivity contribution is 0.255. The second kappa shape index (κ2) is 7.55. The standard InChI is InChI=1S/C17H19BrN4O2S/c1-13-2-4-14(5-3-13)10-22-11-19-17(20-12-22)21-25(23,24)16-8-6-15(18)7-9-16/h2-9H,10-12H2,1H3,(H2,19,20,21). The summed E-state index contributed by atoms with van der Waals surface area (Å²) in [7, 11) is -3.64. The topological polar surface area (TPSA) is 73.8 Å². The second-order valence-corrected chi connectivity index (χ2v) is 8.46. The lowest BCUT2D eigenvalue weighted by atomic mass is 10.1. The predicted octanol–water partition coefficient (Wildman–Crippen LogP) is 2.41. The lowest BCUT2D eigenvalue weighted by Crippen LogP contribution is -2.49. The molecular weight excluding hydrogens is 404 g/mol. The molecule has 132 valence electrons. The monoisotopic (exact) mass is 422 g/mol. The number of nitrogens with one attached hydrogen (secondary N) is 2. The number of hydrogen-bond acceptors (Lipinski definition) is 5. The number of sulfonamides is 1. The molecule has 8 heteroatoms. The van der Waals surface area contributed by atoms with E-state index in [9.17, 15) is 8.42 Å². The van der Waals surface area contributed by atoms with Crippen LogP contribution < -0.4 is 10.0 Å². The highest BCUT2D eigenvalue weighted by molar-refractivity contribution is 9.10. The van der Waals surface area contributed by atoms with Crippen LogP contribution in [-0.2, 0) is 16.6 Å². The van der Waals surface area contributed by atoms with Crippen molar-refractivity contribution in [3.8, 4) is 0 Å². The first-order valence-corrected chi connectivity index (χ1v) is 10.0. The molecule has 6 nitrogen and oxygen atoms in total. The zero-order valence-electron chi connectivity index (χ0n) is 13.7. The predicted molar refractivity (Wildman–Crippen MR) is 101 cm³/mol. The summed E-state index contributed by atoms with van der Waals surface area (Å²) < 4.78 is 28.0. The van der Waals surface area contributed by atoms with E-state index in [1.54, 1.807) is 24.3 Å². The highest BCUT2D eigenvalue weighted by atomic mass is 79.9. The van der Waals surface area contributed by atoms with Gasteiger partial charge in [0.2, 0.25) is 5.96 Å². The molecule has 3 rings (SSSR count). The maximum atomic E-state index is 12.4. The minimum Gasteiger partial charge on any atom is -0.343 e. The van der Waals surface area contributed by atoms with Crippen LogP contribution in [0.15, 0.2) is 62.9 Å². The molecule has 0 amide bonds. The second-order valence-electron chi connectivity index (χ2n) is 5.86. The average molecular weight is 423 g/mol. The molecule has 2 aromatic rings. The van der Waals surface area contributed by atoms with Gasteiger partial charge in [0.25, 0.3) is 10.0 Å². The van der Waals surface area contributed by atoms with E-state index < -0.39 is 10.0 Å². The molecule has 0 radical (unpaired) electrons. The van der Waals surface area contributed by atoms with Gasteiger partial charge >= 0.3 is 0 Å². The fourth-order valence-electron chi connectivity index (χ4n) is 2.39. The molecule has 0 aliphatic carbocycles. The van der Waals surface area contributed by atoms with E-state index in [4.69, 9.17) is 0 Å². The Morgan fingerprint density at radius 3 is 2.44 bits per heavy atom. The fraction of sp³-hybridized carbons (Fsp3) is 0.235. The van der Waals surface area contributed by atoms with Crippen molar-refractivity contribution in [3.63, 3.8) is 0 Å². The summed E-state index contributed by atoms with van der Waals surface area (Å²) in [4.78, 5) is 6.57. The third kappa shape index (κ3) is 4.81. The molecular formula is C17H19BrN4O2S. The zero-order chi connectivity index (χ0) is 17.9. The van der Waals surface area contributed by atoms with Crippen LogP contribution >= 0.6 is 15.9 Å². The molecule has 1 aliphatic rings. The van der Waals surface area contributed by atoms with Crippen molar-refractivity contribution in [2.45, 2.75) is 18.4 Å². The van der Waals surface area contributed by atoms with Crippen molar-refractivity contribution in [1.82, 2.24) is 14.9 Å². The van der Waals surface area contributed by atoms with Gasteiger partial charge in [0, 0.05) is 11.0 Å². The third-order valence-corrected chi connectivity index (χ3v) is 5.66. The first-order chi connectivity index (χ1) is 11.9. The molecule has 0 atom stereocenters. The fourth-order valence-corrected chi connectivity index (χ4v) is 3.66. The Morgan fingerprint density at radius 1 is 1.16 bits per heavy atom. The van der Waals surface area contributed by atoms with Gasteiger partial charge in [-0.1, -0.05) is 45.8 Å². The molecule has 0 saturated heterocycles. The Kier molecular flexibility index (Phi) is 5.41. The molecule has 1 aliphatic heterocycles.